The van der Waals surface area contributed by atoms with Crippen molar-refractivity contribution in [3.8, 4) is 0 Å². The van der Waals surface area contributed by atoms with Crippen LogP contribution < -0.4 is 10.6 Å². The summed E-state index contributed by atoms with van der Waals surface area (Å²) in [6.45, 7) is 4.62. The third-order valence-corrected chi connectivity index (χ3v) is 2.18. The Hall–Kier alpha value is -0.770. The van der Waals surface area contributed by atoms with E-state index in [1.54, 1.807) is 0 Å². The predicted octanol–water partition coefficient (Wildman–Crippen LogP) is 0.00960. The first-order chi connectivity index (χ1) is 5.77. The monoisotopic (exact) mass is 171 g/mol. The Bertz CT molecular complexity index is 160. The van der Waals surface area contributed by atoms with Gasteiger partial charge in [0, 0.05) is 25.7 Å². The van der Waals surface area contributed by atoms with Crippen LogP contribution >= 0.6 is 0 Å². The summed E-state index contributed by atoms with van der Waals surface area (Å²) in [5.41, 5.74) is 0. The van der Waals surface area contributed by atoms with E-state index in [-0.39, 0.29) is 6.03 Å². The number of nitrogens with zero attached hydrogens (tertiary/aromatic N) is 1. The Kier molecular flexibility index (Phi) is 3.34. The highest BCUT2D eigenvalue weighted by atomic mass is 16.2. The van der Waals surface area contributed by atoms with Gasteiger partial charge >= 0.3 is 6.03 Å². The van der Waals surface area contributed by atoms with Gasteiger partial charge in [0.2, 0.25) is 0 Å². The number of likely N-dealkylation sites (N-methyl/N-ethyl adjacent to an activating group) is 1. The van der Waals surface area contributed by atoms with E-state index in [0.29, 0.717) is 6.04 Å². The topological polar surface area (TPSA) is 44.4 Å². The molecule has 70 valence electrons. The first kappa shape index (κ1) is 9.32. The van der Waals surface area contributed by atoms with Gasteiger partial charge in [-0.2, -0.15) is 0 Å². The fourth-order valence-electron chi connectivity index (χ4n) is 1.33. The van der Waals surface area contributed by atoms with Crippen LogP contribution in [0.15, 0.2) is 0 Å². The van der Waals surface area contributed by atoms with E-state index in [2.05, 4.69) is 17.6 Å². The Labute approximate surface area is 73.3 Å². The summed E-state index contributed by atoms with van der Waals surface area (Å²) in [7, 11) is 1.89. The molecule has 1 rings (SSSR count). The van der Waals surface area contributed by atoms with Crippen LogP contribution in [-0.2, 0) is 0 Å². The van der Waals surface area contributed by atoms with Crippen molar-refractivity contribution in [2.45, 2.75) is 19.4 Å². The molecule has 0 saturated carbocycles. The Balaban J connectivity index is 2.31. The minimum Gasteiger partial charge on any atom is -0.333 e. The van der Waals surface area contributed by atoms with Crippen molar-refractivity contribution in [1.29, 1.82) is 0 Å². The number of hydrogen-bond acceptors (Lipinski definition) is 2. The lowest BCUT2D eigenvalue weighted by molar-refractivity contribution is 0.218. The van der Waals surface area contributed by atoms with Crippen molar-refractivity contribution in [1.82, 2.24) is 15.5 Å². The Morgan fingerprint density at radius 3 is 3.00 bits per heavy atom. The van der Waals surface area contributed by atoms with E-state index < -0.39 is 0 Å². The number of carbonyl (C=O) groups is 1. The zero-order valence-electron chi connectivity index (χ0n) is 7.76. The molecule has 4 heteroatoms. The summed E-state index contributed by atoms with van der Waals surface area (Å²) < 4.78 is 0. The lowest BCUT2D eigenvalue weighted by Gasteiger charge is -2.13. The highest BCUT2D eigenvalue weighted by Crippen LogP contribution is 2.05. The summed E-state index contributed by atoms with van der Waals surface area (Å²) in [5, 5.41) is 5.95. The number of nitrogens with one attached hydrogen (secondary N) is 2. The zero-order chi connectivity index (χ0) is 8.97. The van der Waals surface area contributed by atoms with Crippen molar-refractivity contribution in [3.05, 3.63) is 0 Å². The first-order valence-corrected chi connectivity index (χ1v) is 4.48. The molecule has 1 atom stereocenters. The second-order valence-corrected chi connectivity index (χ2v) is 3.10. The molecule has 2 amide bonds. The van der Waals surface area contributed by atoms with Crippen LogP contribution in [0.4, 0.5) is 4.79 Å². The van der Waals surface area contributed by atoms with Gasteiger partial charge in [0.15, 0.2) is 0 Å². The highest BCUT2D eigenvalue weighted by molar-refractivity contribution is 5.76. The van der Waals surface area contributed by atoms with E-state index in [4.69, 9.17) is 0 Å². The van der Waals surface area contributed by atoms with Gasteiger partial charge in [0.05, 0.1) is 0 Å². The molecule has 0 spiro atoms. The quantitative estimate of drug-likeness (QED) is 0.626. The molecule has 0 aromatic heterocycles. The van der Waals surface area contributed by atoms with Crippen LogP contribution in [0.3, 0.4) is 0 Å². The van der Waals surface area contributed by atoms with Gasteiger partial charge in [-0.1, -0.05) is 6.92 Å². The summed E-state index contributed by atoms with van der Waals surface area (Å²) >= 11 is 0. The summed E-state index contributed by atoms with van der Waals surface area (Å²) in [6, 6.07) is 0.437. The normalized spacial score (nSPS) is 23.0. The molecule has 0 aromatic rings. The molecule has 12 heavy (non-hydrogen) atoms. The average Bonchev–Trinajstić information content (AvgIpc) is 2.43. The molecule has 0 aromatic carbocycles. The van der Waals surface area contributed by atoms with Gasteiger partial charge in [-0.25, -0.2) is 4.79 Å². The predicted molar refractivity (Wildman–Crippen MR) is 48.1 cm³/mol. The van der Waals surface area contributed by atoms with Crippen molar-refractivity contribution < 1.29 is 4.79 Å². The summed E-state index contributed by atoms with van der Waals surface area (Å²) in [6.07, 6.45) is 1.02. The second-order valence-electron chi connectivity index (χ2n) is 3.10. The van der Waals surface area contributed by atoms with Gasteiger partial charge in [-0.3, -0.25) is 0 Å². The molecule has 0 radical (unpaired) electrons. The highest BCUT2D eigenvalue weighted by Gasteiger charge is 2.26. The zero-order valence-corrected chi connectivity index (χ0v) is 7.76. The van der Waals surface area contributed by atoms with Crippen LogP contribution in [0, 0.1) is 0 Å². The molecule has 1 aliphatic rings. The third kappa shape index (κ3) is 2.11. The van der Waals surface area contributed by atoms with E-state index in [0.717, 1.165) is 26.1 Å². The molecule has 1 fully saturated rings. The van der Waals surface area contributed by atoms with Crippen molar-refractivity contribution in [3.63, 3.8) is 0 Å². The maximum Gasteiger partial charge on any atom is 0.317 e. The van der Waals surface area contributed by atoms with Gasteiger partial charge in [-0.05, 0) is 13.5 Å². The fourth-order valence-corrected chi connectivity index (χ4v) is 1.33. The number of amides is 2. The van der Waals surface area contributed by atoms with Crippen LogP contribution in [-0.4, -0.2) is 43.7 Å². The van der Waals surface area contributed by atoms with Crippen LogP contribution in [0.25, 0.3) is 0 Å². The molecule has 0 aliphatic carbocycles. The summed E-state index contributed by atoms with van der Waals surface area (Å²) in [5.74, 6) is 0. The van der Waals surface area contributed by atoms with Crippen molar-refractivity contribution in [2.24, 2.45) is 0 Å². The van der Waals surface area contributed by atoms with Crippen molar-refractivity contribution in [2.75, 3.05) is 26.7 Å². The van der Waals surface area contributed by atoms with Crippen LogP contribution in [0.1, 0.15) is 13.3 Å². The first-order valence-electron chi connectivity index (χ1n) is 4.48. The molecule has 2 N–H and O–H groups in total. The van der Waals surface area contributed by atoms with E-state index >= 15 is 0 Å². The molecule has 4 nitrogen and oxygen atoms in total. The molecule has 1 heterocycles. The van der Waals surface area contributed by atoms with E-state index in [1.165, 1.54) is 0 Å². The average molecular weight is 171 g/mol. The Morgan fingerprint density at radius 1 is 1.75 bits per heavy atom. The molecule has 1 unspecified atom stereocenters. The maximum atomic E-state index is 11.2. The lowest BCUT2D eigenvalue weighted by atomic mass is 10.2. The molecular formula is C8H17N3O. The SMILES string of the molecule is CCC1CN(CCNC)C(=O)N1. The number of urea groups is 1. The minimum absolute atomic E-state index is 0.0806. The molecule has 1 saturated heterocycles. The molecular weight excluding hydrogens is 154 g/mol. The number of carbonyl (C=O) groups excluding carboxylic acids is 1. The van der Waals surface area contributed by atoms with Crippen LogP contribution in [0.5, 0.6) is 0 Å². The van der Waals surface area contributed by atoms with Crippen LogP contribution in [0.2, 0.25) is 0 Å². The van der Waals surface area contributed by atoms with Crippen molar-refractivity contribution >= 4 is 6.03 Å². The maximum absolute atomic E-state index is 11.2. The molecule has 0 bridgehead atoms. The van der Waals surface area contributed by atoms with E-state index in [1.807, 2.05) is 11.9 Å². The standard InChI is InChI=1S/C8H17N3O/c1-3-7-6-11(5-4-9-2)8(12)10-7/h7,9H,3-6H2,1-2H3,(H,10,12). The van der Waals surface area contributed by atoms with Gasteiger partial charge in [-0.15, -0.1) is 0 Å². The van der Waals surface area contributed by atoms with Gasteiger partial charge in [0.25, 0.3) is 0 Å². The Morgan fingerprint density at radius 2 is 2.50 bits per heavy atom. The van der Waals surface area contributed by atoms with Gasteiger partial charge < -0.3 is 15.5 Å². The number of rotatable bonds is 4. The fraction of sp³-hybridized carbons (Fsp3) is 0.875. The minimum atomic E-state index is 0.0806. The van der Waals surface area contributed by atoms with Gasteiger partial charge in [0.1, 0.15) is 0 Å². The molecule has 1 aliphatic heterocycles. The summed E-state index contributed by atoms with van der Waals surface area (Å²) in [4.78, 5) is 13.1. The lowest BCUT2D eigenvalue weighted by Crippen LogP contribution is -2.33. The third-order valence-electron chi connectivity index (χ3n) is 2.18. The number of hydrogen-bond donors (Lipinski definition) is 2. The second kappa shape index (κ2) is 4.30. The largest absolute Gasteiger partial charge is 0.333 e. The van der Waals surface area contributed by atoms with E-state index in [9.17, 15) is 4.79 Å². The smallest absolute Gasteiger partial charge is 0.317 e.